The molecule has 1 N–H and O–H groups in total. The lowest BCUT2D eigenvalue weighted by Crippen LogP contribution is -2.21. The Bertz CT molecular complexity index is 139. The van der Waals surface area contributed by atoms with Crippen LogP contribution in [-0.4, -0.2) is 17.3 Å². The maximum atomic E-state index is 10.6. The van der Waals surface area contributed by atoms with E-state index in [0.717, 1.165) is 0 Å². The fraction of sp³-hybridized carbons (Fsp3) is 0.250. The molecule has 0 rings (SSSR count). The molecule has 0 fully saturated rings. The molecular weight excluding hydrogens is 208 g/mol. The Morgan fingerprint density at radius 1 is 1.27 bits per heavy atom. The maximum absolute atomic E-state index is 10.6. The average molecular weight is 211 g/mol. The number of hydrogen-bond donors (Lipinski definition) is 1. The summed E-state index contributed by atoms with van der Waals surface area (Å²) in [4.78, 5) is 8.90. The Hall–Kier alpha value is -0.420. The summed E-state index contributed by atoms with van der Waals surface area (Å²) in [5, 5.41) is 7.12. The van der Waals surface area contributed by atoms with Crippen LogP contribution in [0, 0.1) is 0 Å². The molecule has 0 heterocycles. The van der Waals surface area contributed by atoms with Gasteiger partial charge in [0.15, 0.2) is 0 Å². The van der Waals surface area contributed by atoms with E-state index in [1.807, 2.05) is 0 Å². The average Bonchev–Trinajstić information content (AvgIpc) is 1.87. The van der Waals surface area contributed by atoms with E-state index >= 15 is 0 Å². The van der Waals surface area contributed by atoms with Gasteiger partial charge in [-0.25, -0.2) is 4.79 Å². The minimum Gasteiger partial charge on any atom is -0.475 e. The fourth-order valence-electron chi connectivity index (χ4n) is 0. The summed E-state index contributed by atoms with van der Waals surface area (Å²) in [6, 6.07) is 0. The van der Waals surface area contributed by atoms with Crippen molar-refractivity contribution in [3.63, 3.8) is 0 Å². The summed E-state index contributed by atoms with van der Waals surface area (Å²) in [7, 11) is 0. The van der Waals surface area contributed by atoms with Gasteiger partial charge in [-0.05, 0) is 0 Å². The SMILES string of the molecule is ClC=CCl.O=C(O)C(F)(F)F. The molecule has 0 aromatic heterocycles. The van der Waals surface area contributed by atoms with E-state index in [2.05, 4.69) is 0 Å². The van der Waals surface area contributed by atoms with Gasteiger partial charge in [0.1, 0.15) is 0 Å². The zero-order valence-electron chi connectivity index (χ0n) is 4.90. The molecule has 0 saturated carbocycles. The topological polar surface area (TPSA) is 37.3 Å². The predicted octanol–water partition coefficient (Wildman–Crippen LogP) is 2.57. The van der Waals surface area contributed by atoms with Crippen molar-refractivity contribution in [2.45, 2.75) is 6.18 Å². The van der Waals surface area contributed by atoms with Crippen LogP contribution in [0.2, 0.25) is 0 Å². The highest BCUT2D eigenvalue weighted by atomic mass is 35.5. The molecule has 0 aliphatic carbocycles. The van der Waals surface area contributed by atoms with Gasteiger partial charge in [0, 0.05) is 11.1 Å². The van der Waals surface area contributed by atoms with E-state index < -0.39 is 12.1 Å². The summed E-state index contributed by atoms with van der Waals surface area (Å²) in [5.41, 5.74) is 2.48. The summed E-state index contributed by atoms with van der Waals surface area (Å²) in [5.74, 6) is -2.76. The van der Waals surface area contributed by atoms with Gasteiger partial charge in [0.25, 0.3) is 0 Å². The number of carboxylic acids is 1. The van der Waals surface area contributed by atoms with E-state index in [4.69, 9.17) is 33.1 Å². The van der Waals surface area contributed by atoms with E-state index in [9.17, 15) is 13.2 Å². The van der Waals surface area contributed by atoms with Crippen LogP contribution in [0.5, 0.6) is 0 Å². The van der Waals surface area contributed by atoms with E-state index in [1.165, 1.54) is 11.1 Å². The van der Waals surface area contributed by atoms with Gasteiger partial charge in [0.05, 0.1) is 0 Å². The van der Waals surface area contributed by atoms with Gasteiger partial charge in [-0.2, -0.15) is 13.2 Å². The van der Waals surface area contributed by atoms with Gasteiger partial charge in [-0.1, -0.05) is 23.2 Å². The fourth-order valence-corrected chi connectivity index (χ4v) is 0. The second kappa shape index (κ2) is 6.30. The van der Waals surface area contributed by atoms with Crippen LogP contribution in [0.25, 0.3) is 0 Å². The molecule has 66 valence electrons. The van der Waals surface area contributed by atoms with Crippen molar-refractivity contribution < 1.29 is 23.1 Å². The van der Waals surface area contributed by atoms with Gasteiger partial charge in [-0.15, -0.1) is 0 Å². The van der Waals surface area contributed by atoms with Crippen LogP contribution in [0.15, 0.2) is 11.1 Å². The van der Waals surface area contributed by atoms with Crippen LogP contribution in [-0.2, 0) is 4.79 Å². The molecular formula is C4H3Cl2F3O2. The minimum atomic E-state index is -5.08. The Labute approximate surface area is 70.2 Å². The maximum Gasteiger partial charge on any atom is 0.490 e. The Balaban J connectivity index is 0. The molecule has 0 bridgehead atoms. The Morgan fingerprint density at radius 3 is 1.45 bits per heavy atom. The number of aliphatic carboxylic acids is 1. The number of hydrogen-bond acceptors (Lipinski definition) is 1. The number of carbonyl (C=O) groups is 1. The zero-order valence-corrected chi connectivity index (χ0v) is 6.41. The minimum absolute atomic E-state index is 1.24. The van der Waals surface area contributed by atoms with Crippen LogP contribution in [0.4, 0.5) is 13.2 Å². The predicted molar refractivity (Wildman–Crippen MR) is 34.5 cm³/mol. The highest BCUT2D eigenvalue weighted by molar-refractivity contribution is 6.33. The van der Waals surface area contributed by atoms with Gasteiger partial charge in [0.2, 0.25) is 0 Å². The molecule has 0 radical (unpaired) electrons. The number of halogens is 5. The molecule has 0 aromatic rings. The molecule has 0 unspecified atom stereocenters. The van der Waals surface area contributed by atoms with Crippen LogP contribution in [0.1, 0.15) is 0 Å². The van der Waals surface area contributed by atoms with E-state index in [1.54, 1.807) is 0 Å². The number of rotatable bonds is 0. The van der Waals surface area contributed by atoms with Crippen molar-refractivity contribution in [3.05, 3.63) is 11.1 Å². The van der Waals surface area contributed by atoms with Crippen molar-refractivity contribution in [1.82, 2.24) is 0 Å². The number of alkyl halides is 3. The normalized spacial score (nSPS) is 10.6. The molecule has 0 saturated heterocycles. The summed E-state index contributed by atoms with van der Waals surface area (Å²) >= 11 is 9.75. The highest BCUT2D eigenvalue weighted by Crippen LogP contribution is 2.13. The van der Waals surface area contributed by atoms with Gasteiger partial charge >= 0.3 is 12.1 Å². The Kier molecular flexibility index (Phi) is 7.55. The molecule has 11 heavy (non-hydrogen) atoms. The lowest BCUT2D eigenvalue weighted by Gasteiger charge is -1.93. The first kappa shape index (κ1) is 13.2. The third-order valence-corrected chi connectivity index (χ3v) is 0.671. The quantitative estimate of drug-likeness (QED) is 0.668. The molecule has 0 amide bonds. The zero-order chi connectivity index (χ0) is 9.49. The van der Waals surface area contributed by atoms with Crippen molar-refractivity contribution in [2.24, 2.45) is 0 Å². The lowest BCUT2D eigenvalue weighted by molar-refractivity contribution is -0.192. The van der Waals surface area contributed by atoms with Gasteiger partial charge < -0.3 is 5.11 Å². The summed E-state index contributed by atoms with van der Waals surface area (Å²) < 4.78 is 31.7. The molecule has 0 atom stereocenters. The molecule has 0 aromatic carbocycles. The Morgan fingerprint density at radius 2 is 1.45 bits per heavy atom. The third kappa shape index (κ3) is 12.7. The summed E-state index contributed by atoms with van der Waals surface area (Å²) in [6.07, 6.45) is -5.08. The van der Waals surface area contributed by atoms with E-state index in [0.29, 0.717) is 0 Å². The second-order valence-corrected chi connectivity index (χ2v) is 1.56. The van der Waals surface area contributed by atoms with E-state index in [-0.39, 0.29) is 0 Å². The molecule has 0 spiro atoms. The second-order valence-electron chi connectivity index (χ2n) is 1.05. The first-order valence-electron chi connectivity index (χ1n) is 2.01. The van der Waals surface area contributed by atoms with Crippen molar-refractivity contribution in [1.29, 1.82) is 0 Å². The first-order valence-corrected chi connectivity index (χ1v) is 2.89. The third-order valence-electron chi connectivity index (χ3n) is 0.290. The largest absolute Gasteiger partial charge is 0.490 e. The summed E-state index contributed by atoms with van der Waals surface area (Å²) in [6.45, 7) is 0. The highest BCUT2D eigenvalue weighted by Gasteiger charge is 2.38. The standard InChI is InChI=1S/C2H2Cl2.C2HF3O2/c3-1-2-4;3-2(4,5)1(6)7/h1-2H;(H,6,7). The first-order chi connectivity index (χ1) is 4.86. The van der Waals surface area contributed by atoms with Crippen LogP contribution >= 0.6 is 23.2 Å². The lowest BCUT2D eigenvalue weighted by atomic mass is 10.7. The van der Waals surface area contributed by atoms with Crippen LogP contribution in [0.3, 0.4) is 0 Å². The molecule has 2 nitrogen and oxygen atoms in total. The van der Waals surface area contributed by atoms with Crippen molar-refractivity contribution >= 4 is 29.2 Å². The van der Waals surface area contributed by atoms with Crippen molar-refractivity contribution in [3.8, 4) is 0 Å². The van der Waals surface area contributed by atoms with Crippen LogP contribution < -0.4 is 0 Å². The molecule has 0 aliphatic heterocycles. The smallest absolute Gasteiger partial charge is 0.475 e. The number of carboxylic acid groups (broad SMARTS) is 1. The molecule has 0 aliphatic rings. The van der Waals surface area contributed by atoms with Gasteiger partial charge in [-0.3, -0.25) is 0 Å². The molecule has 7 heteroatoms. The monoisotopic (exact) mass is 210 g/mol. The van der Waals surface area contributed by atoms with Crippen molar-refractivity contribution in [2.75, 3.05) is 0 Å².